The third-order valence-corrected chi connectivity index (χ3v) is 5.71. The van der Waals surface area contributed by atoms with Crippen molar-refractivity contribution in [2.24, 2.45) is 17.4 Å². The first-order chi connectivity index (χ1) is 21.4. The summed E-state index contributed by atoms with van der Waals surface area (Å²) in [5, 5.41) is 11.2. The number of ether oxygens (including phenoxy) is 3. The zero-order valence-electron chi connectivity index (χ0n) is 26.1. The molecule has 0 heterocycles. The van der Waals surface area contributed by atoms with Crippen LogP contribution in [0.1, 0.15) is 37.3 Å². The molecule has 0 fully saturated rings. The highest BCUT2D eigenvalue weighted by atomic mass is 33.1. The van der Waals surface area contributed by atoms with Gasteiger partial charge >= 0.3 is 23.9 Å². The van der Waals surface area contributed by atoms with Gasteiger partial charge in [0.1, 0.15) is 13.2 Å². The van der Waals surface area contributed by atoms with E-state index >= 15 is 0 Å². The van der Waals surface area contributed by atoms with Crippen LogP contribution in [0.25, 0.3) is 11.1 Å². The predicted molar refractivity (Wildman–Crippen MR) is 203 cm³/mol. The number of carbonyl (C=O) groups is 5. The fourth-order valence-electron chi connectivity index (χ4n) is 3.49. The Bertz CT molecular complexity index is 1250. The van der Waals surface area contributed by atoms with Gasteiger partial charge in [-0.2, -0.15) is 27.0 Å². The molecule has 0 saturated heterocycles. The number of hydrogen-bond acceptors (Lipinski definition) is 14. The van der Waals surface area contributed by atoms with Crippen LogP contribution in [0.4, 0.5) is 0 Å². The van der Waals surface area contributed by atoms with E-state index in [0.717, 1.165) is 20.0 Å². The monoisotopic (exact) mass is 787 g/mol. The number of nitrogens with one attached hydrogen (secondary N) is 1. The molecule has 0 saturated carbocycles. The number of aliphatic carboxylic acids is 1. The van der Waals surface area contributed by atoms with E-state index in [2.05, 4.69) is 71.7 Å². The van der Waals surface area contributed by atoms with Crippen LogP contribution in [0.2, 0.25) is 0 Å². The minimum atomic E-state index is -0.987. The van der Waals surface area contributed by atoms with E-state index in [1.807, 2.05) is 36.4 Å². The van der Waals surface area contributed by atoms with Crippen LogP contribution in [0.5, 0.6) is 0 Å². The Morgan fingerprint density at radius 1 is 0.872 bits per heavy atom. The smallest absolute Gasteiger partial charge is 0.325 e. The first-order valence-electron chi connectivity index (χ1n) is 12.9. The number of methoxy groups -OCH3 is 2. The van der Waals surface area contributed by atoms with Crippen molar-refractivity contribution in [3.8, 4) is 11.1 Å². The summed E-state index contributed by atoms with van der Waals surface area (Å²) in [6.07, 6.45) is -0.106. The SMILES string of the molecule is COC(=O)CN.COC(=O)CNC(=O)[C@H](C)N.C[C@H](CC(=O)OCC1c2ccccc2-c2ccccc21)C(=O)O.S.S.S=S.S=S=S. The quantitative estimate of drug-likeness (QED) is 0.210. The molecule has 47 heavy (non-hydrogen) atoms. The summed E-state index contributed by atoms with van der Waals surface area (Å²) >= 11 is 15.6. The van der Waals surface area contributed by atoms with Gasteiger partial charge in [-0.15, -0.1) is 0 Å². The molecule has 264 valence electrons. The van der Waals surface area contributed by atoms with Crippen LogP contribution >= 0.6 is 27.0 Å². The molecule has 19 heteroatoms. The molecule has 0 unspecified atom stereocenters. The zero-order chi connectivity index (χ0) is 34.9. The summed E-state index contributed by atoms with van der Waals surface area (Å²) in [5.41, 5.74) is 14.6. The van der Waals surface area contributed by atoms with Crippen LogP contribution in [-0.2, 0) is 91.8 Å². The number of carboxylic acid groups (broad SMARTS) is 1. The Morgan fingerprint density at radius 3 is 1.64 bits per heavy atom. The van der Waals surface area contributed by atoms with Gasteiger partial charge in [0, 0.05) is 59.6 Å². The maximum atomic E-state index is 11.9. The second-order valence-corrected chi connectivity index (χ2v) is 10.6. The van der Waals surface area contributed by atoms with E-state index in [1.54, 1.807) is 0 Å². The average Bonchev–Trinajstić information content (AvgIpc) is 3.37. The van der Waals surface area contributed by atoms with Crippen LogP contribution < -0.4 is 16.8 Å². The number of nitrogens with two attached hydrogens (primary N) is 2. The van der Waals surface area contributed by atoms with Gasteiger partial charge in [0.2, 0.25) is 5.91 Å². The van der Waals surface area contributed by atoms with Crippen molar-refractivity contribution in [1.82, 2.24) is 5.32 Å². The Balaban J connectivity index is -0.000000324. The summed E-state index contributed by atoms with van der Waals surface area (Å²) < 4.78 is 13.8. The minimum absolute atomic E-state index is 0. The van der Waals surface area contributed by atoms with Crippen molar-refractivity contribution < 1.29 is 43.3 Å². The Labute approximate surface area is 311 Å². The molecular formula is C28H41N3O9S7. The Hall–Kier alpha value is -2.49. The van der Waals surface area contributed by atoms with Gasteiger partial charge in [-0.3, -0.25) is 24.0 Å². The van der Waals surface area contributed by atoms with E-state index in [9.17, 15) is 24.0 Å². The second kappa shape index (κ2) is 30.8. The summed E-state index contributed by atoms with van der Waals surface area (Å²) in [6, 6.07) is 15.6. The third kappa shape index (κ3) is 21.2. The highest BCUT2D eigenvalue weighted by Gasteiger charge is 2.29. The van der Waals surface area contributed by atoms with Crippen molar-refractivity contribution in [1.29, 1.82) is 0 Å². The molecule has 0 spiro atoms. The normalized spacial score (nSPS) is 10.9. The van der Waals surface area contributed by atoms with Gasteiger partial charge < -0.3 is 36.1 Å². The minimum Gasteiger partial charge on any atom is -0.481 e. The number of amides is 1. The summed E-state index contributed by atoms with van der Waals surface area (Å²) in [7, 11) is 3.47. The average molecular weight is 788 g/mol. The van der Waals surface area contributed by atoms with Crippen LogP contribution in [-0.4, -0.2) is 74.8 Å². The highest BCUT2D eigenvalue weighted by molar-refractivity contribution is 8.37. The van der Waals surface area contributed by atoms with Crippen molar-refractivity contribution in [2.75, 3.05) is 33.9 Å². The molecular weight excluding hydrogens is 747 g/mol. The lowest BCUT2D eigenvalue weighted by atomic mass is 9.98. The van der Waals surface area contributed by atoms with E-state index in [-0.39, 0.29) is 70.9 Å². The number of esters is 3. The number of carbonyl (C=O) groups excluding carboxylic acids is 4. The largest absolute Gasteiger partial charge is 0.481 e. The maximum absolute atomic E-state index is 11.9. The van der Waals surface area contributed by atoms with Crippen LogP contribution in [0.15, 0.2) is 48.5 Å². The summed E-state index contributed by atoms with van der Waals surface area (Å²) in [5.74, 6) is -3.41. The number of hydrogen-bond donors (Lipinski definition) is 4. The first-order valence-corrected chi connectivity index (χ1v) is 16.9. The molecule has 1 amide bonds. The third-order valence-electron chi connectivity index (χ3n) is 5.71. The molecule has 0 aliphatic heterocycles. The molecule has 2 aromatic carbocycles. The summed E-state index contributed by atoms with van der Waals surface area (Å²) in [4.78, 5) is 53.7. The fourth-order valence-corrected chi connectivity index (χ4v) is 3.49. The zero-order valence-corrected chi connectivity index (χ0v) is 32.2. The highest BCUT2D eigenvalue weighted by Crippen LogP contribution is 2.44. The number of rotatable bonds is 9. The van der Waals surface area contributed by atoms with Crippen molar-refractivity contribution in [3.63, 3.8) is 0 Å². The predicted octanol–water partition coefficient (Wildman–Crippen LogP) is 1.41. The molecule has 6 N–H and O–H groups in total. The van der Waals surface area contributed by atoms with Gasteiger partial charge in [-0.1, -0.05) is 55.5 Å². The molecule has 0 aromatic heterocycles. The maximum Gasteiger partial charge on any atom is 0.325 e. The fraction of sp³-hybridized carbons (Fsp3) is 0.393. The molecule has 1 aliphatic rings. The van der Waals surface area contributed by atoms with Crippen molar-refractivity contribution in [3.05, 3.63) is 59.7 Å². The standard InChI is InChI=1S/C19H18O4.C6H12N2O3.C3H7NO2.S3.S2.2H2S/c1-12(19(21)22)10-18(20)23-11-17-15-8-4-2-6-13(15)14-7-3-5-9-16(14)17;1-4(7)6(10)8-3-5(9)11-2;1-6-3(5)2-4;1-3-2;1-2;;/h2-9,12,17H,10-11H2,1H3,(H,21,22);4H,3,7H2,1-2H3,(H,8,10);2,4H2,1H3;;;2*1H2/t12-;4-;;;;;/m10...../s1. The van der Waals surface area contributed by atoms with E-state index in [1.165, 1.54) is 39.2 Å². The topological polar surface area (TPSA) is 197 Å². The Morgan fingerprint density at radius 2 is 1.30 bits per heavy atom. The molecule has 2 aromatic rings. The Kier molecular flexibility index (Phi) is 33.7. The molecule has 0 bridgehead atoms. The van der Waals surface area contributed by atoms with Gasteiger partial charge in [0.15, 0.2) is 0 Å². The lowest BCUT2D eigenvalue weighted by Gasteiger charge is -2.14. The van der Waals surface area contributed by atoms with E-state index in [4.69, 9.17) is 21.3 Å². The van der Waals surface area contributed by atoms with Crippen molar-refractivity contribution >= 4 is 110 Å². The second-order valence-electron chi connectivity index (χ2n) is 8.78. The van der Waals surface area contributed by atoms with Crippen molar-refractivity contribution in [2.45, 2.75) is 32.2 Å². The van der Waals surface area contributed by atoms with Gasteiger partial charge in [0.05, 0.1) is 39.1 Å². The first kappa shape index (κ1) is 51.3. The van der Waals surface area contributed by atoms with Gasteiger partial charge in [-0.05, 0) is 29.2 Å². The molecule has 2 atom stereocenters. The van der Waals surface area contributed by atoms with E-state index in [0.29, 0.717) is 0 Å². The lowest BCUT2D eigenvalue weighted by molar-refractivity contribution is -0.151. The van der Waals surface area contributed by atoms with Crippen LogP contribution in [0.3, 0.4) is 0 Å². The van der Waals surface area contributed by atoms with E-state index < -0.39 is 29.9 Å². The molecule has 1 aliphatic carbocycles. The van der Waals surface area contributed by atoms with Crippen LogP contribution in [0, 0.1) is 5.92 Å². The van der Waals surface area contributed by atoms with Gasteiger partial charge in [0.25, 0.3) is 0 Å². The number of benzene rings is 2. The number of fused-ring (bicyclic) bond motifs is 3. The molecule has 12 nitrogen and oxygen atoms in total. The van der Waals surface area contributed by atoms with Gasteiger partial charge in [-0.25, -0.2) is 0 Å². The summed E-state index contributed by atoms with van der Waals surface area (Å²) in [6.45, 7) is 3.11. The lowest BCUT2D eigenvalue weighted by Crippen LogP contribution is -2.40. The molecule has 3 rings (SSSR count). The molecule has 0 radical (unpaired) electrons. The number of carboxylic acids is 1.